The summed E-state index contributed by atoms with van der Waals surface area (Å²) in [4.78, 5) is 11.8. The molecule has 3 heteroatoms. The normalized spacial score (nSPS) is 15.5. The van der Waals surface area contributed by atoms with Gasteiger partial charge in [-0.2, -0.15) is 0 Å². The Bertz CT molecular complexity index is 345. The molecule has 1 atom stereocenters. The number of rotatable bonds is 7. The van der Waals surface area contributed by atoms with Crippen molar-refractivity contribution in [1.29, 1.82) is 0 Å². The van der Waals surface area contributed by atoms with E-state index in [1.807, 2.05) is 40.7 Å². The van der Waals surface area contributed by atoms with Crippen LogP contribution in [-0.2, 0) is 4.79 Å². The van der Waals surface area contributed by atoms with E-state index in [0.29, 0.717) is 0 Å². The van der Waals surface area contributed by atoms with Crippen molar-refractivity contribution in [2.75, 3.05) is 6.61 Å². The van der Waals surface area contributed by atoms with E-state index in [4.69, 9.17) is 5.11 Å². The number of hydrogen-bond acceptors (Lipinski definition) is 3. The van der Waals surface area contributed by atoms with Crippen LogP contribution < -0.4 is 0 Å². The average molecular weight is 268 g/mol. The standard InChI is InChI=1S/C16H28O3/c1-12(9-10-17)7-6-8-13(2)14(18)11-15(19)16(3,4)5/h8-9,14,17-18H,6-7,10-11H2,1-5H3/b12-9+,13-8+. The largest absolute Gasteiger partial charge is 0.392 e. The minimum atomic E-state index is -0.686. The van der Waals surface area contributed by atoms with Crippen LogP contribution in [0.5, 0.6) is 0 Å². The topological polar surface area (TPSA) is 57.5 Å². The van der Waals surface area contributed by atoms with Crippen molar-refractivity contribution in [1.82, 2.24) is 0 Å². The van der Waals surface area contributed by atoms with Gasteiger partial charge in [0, 0.05) is 11.8 Å². The summed E-state index contributed by atoms with van der Waals surface area (Å²) in [6.45, 7) is 9.49. The van der Waals surface area contributed by atoms with Gasteiger partial charge in [0.1, 0.15) is 5.78 Å². The van der Waals surface area contributed by atoms with Crippen LogP contribution in [0.2, 0.25) is 0 Å². The lowest BCUT2D eigenvalue weighted by Gasteiger charge is -2.19. The third kappa shape index (κ3) is 7.96. The van der Waals surface area contributed by atoms with E-state index < -0.39 is 11.5 Å². The Balaban J connectivity index is 4.30. The molecule has 0 aromatic carbocycles. The molecule has 0 fully saturated rings. The monoisotopic (exact) mass is 268 g/mol. The van der Waals surface area contributed by atoms with Crippen molar-refractivity contribution < 1.29 is 15.0 Å². The molecule has 0 aliphatic heterocycles. The van der Waals surface area contributed by atoms with Crippen LogP contribution in [0, 0.1) is 5.41 Å². The van der Waals surface area contributed by atoms with Crippen molar-refractivity contribution in [3.05, 3.63) is 23.3 Å². The smallest absolute Gasteiger partial charge is 0.141 e. The molecule has 0 radical (unpaired) electrons. The molecule has 0 bridgehead atoms. The first kappa shape index (κ1) is 18.1. The molecule has 0 spiro atoms. The maximum absolute atomic E-state index is 11.8. The Morgan fingerprint density at radius 1 is 1.21 bits per heavy atom. The summed E-state index contributed by atoms with van der Waals surface area (Å²) in [6, 6.07) is 0. The fourth-order valence-corrected chi connectivity index (χ4v) is 1.56. The van der Waals surface area contributed by atoms with E-state index in [-0.39, 0.29) is 18.8 Å². The van der Waals surface area contributed by atoms with Gasteiger partial charge in [-0.25, -0.2) is 0 Å². The number of allylic oxidation sites excluding steroid dienone is 2. The summed E-state index contributed by atoms with van der Waals surface area (Å²) < 4.78 is 0. The van der Waals surface area contributed by atoms with Crippen molar-refractivity contribution >= 4 is 5.78 Å². The molecular formula is C16H28O3. The van der Waals surface area contributed by atoms with Crippen molar-refractivity contribution in [2.24, 2.45) is 5.41 Å². The number of hydrogen-bond donors (Lipinski definition) is 2. The number of carbonyl (C=O) groups excluding carboxylic acids is 1. The van der Waals surface area contributed by atoms with Gasteiger partial charge >= 0.3 is 0 Å². The molecule has 0 saturated heterocycles. The van der Waals surface area contributed by atoms with Gasteiger partial charge in [-0.15, -0.1) is 0 Å². The van der Waals surface area contributed by atoms with Crippen LogP contribution in [0.1, 0.15) is 53.9 Å². The Kier molecular flexibility index (Phi) is 7.88. The second-order valence-electron chi connectivity index (χ2n) is 6.11. The second-order valence-corrected chi connectivity index (χ2v) is 6.11. The zero-order chi connectivity index (χ0) is 15.1. The molecule has 0 heterocycles. The third-order valence-corrected chi connectivity index (χ3v) is 3.19. The Hall–Kier alpha value is -0.930. The highest BCUT2D eigenvalue weighted by Crippen LogP contribution is 2.20. The molecule has 0 aliphatic carbocycles. The predicted molar refractivity (Wildman–Crippen MR) is 78.9 cm³/mol. The quantitative estimate of drug-likeness (QED) is 0.698. The number of Topliss-reactive ketones (excluding diaryl/α,β-unsaturated/α-hetero) is 1. The summed E-state index contributed by atoms with van der Waals surface area (Å²) in [7, 11) is 0. The highest BCUT2D eigenvalue weighted by atomic mass is 16.3. The number of aliphatic hydroxyl groups is 2. The highest BCUT2D eigenvalue weighted by molar-refractivity contribution is 5.84. The zero-order valence-corrected chi connectivity index (χ0v) is 12.9. The first-order valence-electron chi connectivity index (χ1n) is 6.83. The molecule has 1 unspecified atom stereocenters. The Labute approximate surface area is 117 Å². The molecule has 19 heavy (non-hydrogen) atoms. The second kappa shape index (κ2) is 8.28. The lowest BCUT2D eigenvalue weighted by Crippen LogP contribution is -2.25. The number of aliphatic hydroxyl groups excluding tert-OH is 2. The molecule has 0 amide bonds. The van der Waals surface area contributed by atoms with Crippen LogP contribution >= 0.6 is 0 Å². The van der Waals surface area contributed by atoms with Crippen LogP contribution in [0.3, 0.4) is 0 Å². The van der Waals surface area contributed by atoms with Gasteiger partial charge < -0.3 is 10.2 Å². The van der Waals surface area contributed by atoms with E-state index in [9.17, 15) is 9.90 Å². The highest BCUT2D eigenvalue weighted by Gasteiger charge is 2.24. The predicted octanol–water partition coefficient (Wildman–Crippen LogP) is 3.02. The Morgan fingerprint density at radius 2 is 1.79 bits per heavy atom. The zero-order valence-electron chi connectivity index (χ0n) is 12.9. The summed E-state index contributed by atoms with van der Waals surface area (Å²) in [6.07, 6.45) is 4.91. The fourth-order valence-electron chi connectivity index (χ4n) is 1.56. The van der Waals surface area contributed by atoms with Gasteiger partial charge in [-0.1, -0.05) is 38.5 Å². The van der Waals surface area contributed by atoms with Crippen LogP contribution in [0.25, 0.3) is 0 Å². The van der Waals surface area contributed by atoms with E-state index in [2.05, 4.69) is 0 Å². The van der Waals surface area contributed by atoms with E-state index in [1.54, 1.807) is 6.08 Å². The lowest BCUT2D eigenvalue weighted by molar-refractivity contribution is -0.127. The molecule has 0 saturated carbocycles. The van der Waals surface area contributed by atoms with Gasteiger partial charge in [0.05, 0.1) is 12.7 Å². The third-order valence-electron chi connectivity index (χ3n) is 3.19. The van der Waals surface area contributed by atoms with Gasteiger partial charge in [0.25, 0.3) is 0 Å². The lowest BCUT2D eigenvalue weighted by atomic mass is 9.86. The SMILES string of the molecule is C/C(=C\CO)CC/C=C(\C)C(O)CC(=O)C(C)(C)C. The van der Waals surface area contributed by atoms with Gasteiger partial charge in [0.2, 0.25) is 0 Å². The van der Waals surface area contributed by atoms with Crippen LogP contribution in [-0.4, -0.2) is 28.7 Å². The summed E-state index contributed by atoms with van der Waals surface area (Å²) in [5.74, 6) is 0.0732. The molecule has 0 aromatic heterocycles. The summed E-state index contributed by atoms with van der Waals surface area (Å²) in [5, 5.41) is 18.7. The van der Waals surface area contributed by atoms with Gasteiger partial charge in [-0.05, 0) is 32.3 Å². The minimum absolute atomic E-state index is 0.0667. The Morgan fingerprint density at radius 3 is 2.26 bits per heavy atom. The minimum Gasteiger partial charge on any atom is -0.392 e. The van der Waals surface area contributed by atoms with Crippen LogP contribution in [0.15, 0.2) is 23.3 Å². The van der Waals surface area contributed by atoms with Crippen molar-refractivity contribution in [2.45, 2.75) is 60.0 Å². The molecule has 0 aromatic rings. The van der Waals surface area contributed by atoms with Gasteiger partial charge in [0.15, 0.2) is 0 Å². The van der Waals surface area contributed by atoms with E-state index in [1.165, 1.54) is 0 Å². The summed E-state index contributed by atoms with van der Waals surface area (Å²) in [5.41, 5.74) is 1.57. The molecule has 2 N–H and O–H groups in total. The molecular weight excluding hydrogens is 240 g/mol. The molecule has 110 valence electrons. The molecule has 0 aliphatic rings. The summed E-state index contributed by atoms with van der Waals surface area (Å²) >= 11 is 0. The van der Waals surface area contributed by atoms with Crippen molar-refractivity contribution in [3.8, 4) is 0 Å². The number of carbonyl (C=O) groups is 1. The molecule has 3 nitrogen and oxygen atoms in total. The van der Waals surface area contributed by atoms with Gasteiger partial charge in [-0.3, -0.25) is 4.79 Å². The van der Waals surface area contributed by atoms with E-state index >= 15 is 0 Å². The van der Waals surface area contributed by atoms with Crippen LogP contribution in [0.4, 0.5) is 0 Å². The maximum atomic E-state index is 11.8. The number of ketones is 1. The van der Waals surface area contributed by atoms with E-state index in [0.717, 1.165) is 24.0 Å². The van der Waals surface area contributed by atoms with Crippen molar-refractivity contribution in [3.63, 3.8) is 0 Å². The average Bonchev–Trinajstić information content (AvgIpc) is 2.27. The first-order valence-corrected chi connectivity index (χ1v) is 6.83. The first-order chi connectivity index (χ1) is 8.68. The maximum Gasteiger partial charge on any atom is 0.141 e. The molecule has 0 rings (SSSR count). The fraction of sp³-hybridized carbons (Fsp3) is 0.688.